The molecule has 0 saturated heterocycles. The van der Waals surface area contributed by atoms with Gasteiger partial charge >= 0.3 is 0 Å². The molecule has 4 heteroatoms. The van der Waals surface area contributed by atoms with Crippen molar-refractivity contribution in [3.63, 3.8) is 0 Å². The van der Waals surface area contributed by atoms with Crippen molar-refractivity contribution in [3.8, 4) is 0 Å². The molecule has 0 unspecified atom stereocenters. The lowest BCUT2D eigenvalue weighted by Gasteiger charge is -2.29. The Balaban J connectivity index is 2.86. The van der Waals surface area contributed by atoms with E-state index in [-0.39, 0.29) is 0 Å². The molecule has 1 aromatic heterocycles. The molecule has 1 rings (SSSR count). The molecule has 0 aliphatic carbocycles. The van der Waals surface area contributed by atoms with E-state index in [9.17, 15) is 0 Å². The molecule has 2 N–H and O–H groups in total. The lowest BCUT2D eigenvalue weighted by Crippen LogP contribution is -2.35. The molecule has 1 heterocycles. The molecule has 0 saturated carbocycles. The smallest absolute Gasteiger partial charge is 0.0598 e. The average Bonchev–Trinajstić information content (AvgIpc) is 2.33. The summed E-state index contributed by atoms with van der Waals surface area (Å²) >= 11 is 0. The summed E-state index contributed by atoms with van der Waals surface area (Å²) in [5.74, 6) is 0.623. The van der Waals surface area contributed by atoms with Gasteiger partial charge in [-0.05, 0) is 31.6 Å². The number of pyridine rings is 1. The summed E-state index contributed by atoms with van der Waals surface area (Å²) in [5.41, 5.74) is 8.16. The highest BCUT2D eigenvalue weighted by Crippen LogP contribution is 2.19. The molecule has 0 aliphatic rings. The SMILES string of the molecule is CC(C)CN(CCN(C)C)c1cnccc1CN. The van der Waals surface area contributed by atoms with Crippen molar-refractivity contribution in [1.29, 1.82) is 0 Å². The summed E-state index contributed by atoms with van der Waals surface area (Å²) in [4.78, 5) is 8.83. The van der Waals surface area contributed by atoms with Gasteiger partial charge in [0, 0.05) is 32.4 Å². The molecular formula is C14H26N4. The Morgan fingerprint density at radius 1 is 1.28 bits per heavy atom. The number of anilines is 1. The molecule has 0 fully saturated rings. The predicted octanol–water partition coefficient (Wildman–Crippen LogP) is 1.56. The van der Waals surface area contributed by atoms with Gasteiger partial charge in [0.25, 0.3) is 0 Å². The summed E-state index contributed by atoms with van der Waals surface area (Å²) < 4.78 is 0. The van der Waals surface area contributed by atoms with Crippen LogP contribution in [0, 0.1) is 5.92 Å². The van der Waals surface area contributed by atoms with Crippen LogP contribution in [0.25, 0.3) is 0 Å². The zero-order valence-electron chi connectivity index (χ0n) is 12.1. The van der Waals surface area contributed by atoms with Crippen LogP contribution in [-0.2, 0) is 6.54 Å². The van der Waals surface area contributed by atoms with Crippen molar-refractivity contribution in [1.82, 2.24) is 9.88 Å². The third-order valence-corrected chi connectivity index (χ3v) is 2.85. The van der Waals surface area contributed by atoms with Crippen LogP contribution in [0.1, 0.15) is 19.4 Å². The minimum Gasteiger partial charge on any atom is -0.368 e. The summed E-state index contributed by atoms with van der Waals surface area (Å²) in [6.07, 6.45) is 3.74. The van der Waals surface area contributed by atoms with Crippen LogP contribution in [0.5, 0.6) is 0 Å². The van der Waals surface area contributed by atoms with E-state index < -0.39 is 0 Å². The maximum atomic E-state index is 5.81. The quantitative estimate of drug-likeness (QED) is 0.798. The van der Waals surface area contributed by atoms with Crippen molar-refractivity contribution in [2.24, 2.45) is 11.7 Å². The van der Waals surface area contributed by atoms with E-state index in [1.54, 1.807) is 0 Å². The summed E-state index contributed by atoms with van der Waals surface area (Å²) in [7, 11) is 4.20. The first-order chi connectivity index (χ1) is 8.54. The van der Waals surface area contributed by atoms with Crippen molar-refractivity contribution < 1.29 is 0 Å². The monoisotopic (exact) mass is 250 g/mol. The number of aromatic nitrogens is 1. The lowest BCUT2D eigenvalue weighted by atomic mass is 10.1. The van der Waals surface area contributed by atoms with E-state index in [1.807, 2.05) is 18.5 Å². The fraction of sp³-hybridized carbons (Fsp3) is 0.643. The zero-order chi connectivity index (χ0) is 13.5. The summed E-state index contributed by atoms with van der Waals surface area (Å²) in [6.45, 7) is 8.11. The average molecular weight is 250 g/mol. The van der Waals surface area contributed by atoms with Crippen LogP contribution in [0.15, 0.2) is 18.5 Å². The van der Waals surface area contributed by atoms with E-state index in [1.165, 1.54) is 11.3 Å². The molecule has 102 valence electrons. The third-order valence-electron chi connectivity index (χ3n) is 2.85. The second kappa shape index (κ2) is 7.34. The van der Waals surface area contributed by atoms with E-state index >= 15 is 0 Å². The van der Waals surface area contributed by atoms with Crippen molar-refractivity contribution in [2.75, 3.05) is 38.6 Å². The first-order valence-electron chi connectivity index (χ1n) is 6.57. The Bertz CT molecular complexity index is 349. The maximum absolute atomic E-state index is 5.81. The molecule has 18 heavy (non-hydrogen) atoms. The van der Waals surface area contributed by atoms with Crippen molar-refractivity contribution in [2.45, 2.75) is 20.4 Å². The zero-order valence-corrected chi connectivity index (χ0v) is 12.1. The Hall–Kier alpha value is -1.13. The normalized spacial score (nSPS) is 11.3. The summed E-state index contributed by atoms with van der Waals surface area (Å²) in [5, 5.41) is 0. The lowest BCUT2D eigenvalue weighted by molar-refractivity contribution is 0.408. The third kappa shape index (κ3) is 4.63. The van der Waals surface area contributed by atoms with Gasteiger partial charge in [0.1, 0.15) is 0 Å². The molecule has 0 radical (unpaired) electrons. The Morgan fingerprint density at radius 3 is 2.56 bits per heavy atom. The van der Waals surface area contributed by atoms with Gasteiger partial charge in [-0.2, -0.15) is 0 Å². The fourth-order valence-corrected chi connectivity index (χ4v) is 1.94. The van der Waals surface area contributed by atoms with E-state index in [4.69, 9.17) is 5.73 Å². The molecule has 0 amide bonds. The van der Waals surface area contributed by atoms with Gasteiger partial charge in [0.05, 0.1) is 11.9 Å². The number of hydrogen-bond donors (Lipinski definition) is 1. The van der Waals surface area contributed by atoms with Gasteiger partial charge in [-0.3, -0.25) is 4.98 Å². The first kappa shape index (κ1) is 14.9. The molecule has 1 aromatic rings. The van der Waals surface area contributed by atoms with Crippen molar-refractivity contribution in [3.05, 3.63) is 24.0 Å². The predicted molar refractivity (Wildman–Crippen MR) is 77.7 cm³/mol. The van der Waals surface area contributed by atoms with Gasteiger partial charge in [0.15, 0.2) is 0 Å². The van der Waals surface area contributed by atoms with Gasteiger partial charge < -0.3 is 15.5 Å². The molecule has 0 spiro atoms. The van der Waals surface area contributed by atoms with Gasteiger partial charge in [0.2, 0.25) is 0 Å². The van der Waals surface area contributed by atoms with Crippen molar-refractivity contribution >= 4 is 5.69 Å². The molecule has 0 atom stereocenters. The van der Waals surface area contributed by atoms with E-state index in [0.29, 0.717) is 12.5 Å². The van der Waals surface area contributed by atoms with Crippen LogP contribution in [0.2, 0.25) is 0 Å². The number of likely N-dealkylation sites (N-methyl/N-ethyl adjacent to an activating group) is 1. The Morgan fingerprint density at radius 2 is 2.00 bits per heavy atom. The summed E-state index contributed by atoms with van der Waals surface area (Å²) in [6, 6.07) is 2.01. The number of rotatable bonds is 7. The van der Waals surface area contributed by atoms with Crippen LogP contribution in [0.3, 0.4) is 0 Å². The second-order valence-electron chi connectivity index (χ2n) is 5.35. The second-order valence-corrected chi connectivity index (χ2v) is 5.35. The first-order valence-corrected chi connectivity index (χ1v) is 6.57. The molecule has 0 aromatic carbocycles. The minimum absolute atomic E-state index is 0.564. The van der Waals surface area contributed by atoms with E-state index in [0.717, 1.165) is 19.6 Å². The number of nitrogens with two attached hydrogens (primary N) is 1. The van der Waals surface area contributed by atoms with Gasteiger partial charge in [-0.1, -0.05) is 13.8 Å². The van der Waals surface area contributed by atoms with Crippen LogP contribution >= 0.6 is 0 Å². The molecular weight excluding hydrogens is 224 g/mol. The largest absolute Gasteiger partial charge is 0.368 e. The van der Waals surface area contributed by atoms with Gasteiger partial charge in [-0.15, -0.1) is 0 Å². The van der Waals surface area contributed by atoms with Crippen LogP contribution in [-0.4, -0.2) is 43.6 Å². The van der Waals surface area contributed by atoms with E-state index in [2.05, 4.69) is 42.7 Å². The standard InChI is InChI=1S/C14H26N4/c1-12(2)11-18(8-7-17(3)4)14-10-16-6-5-13(14)9-15/h5-6,10,12H,7-9,11,15H2,1-4H3. The highest BCUT2D eigenvalue weighted by molar-refractivity contribution is 5.51. The number of hydrogen-bond acceptors (Lipinski definition) is 4. The van der Waals surface area contributed by atoms with Gasteiger partial charge in [-0.25, -0.2) is 0 Å². The Labute approximate surface area is 111 Å². The minimum atomic E-state index is 0.564. The topological polar surface area (TPSA) is 45.4 Å². The molecule has 0 bridgehead atoms. The number of nitrogens with zero attached hydrogens (tertiary/aromatic N) is 3. The highest BCUT2D eigenvalue weighted by atomic mass is 15.2. The Kier molecular flexibility index (Phi) is 6.09. The van der Waals surface area contributed by atoms with Crippen LogP contribution < -0.4 is 10.6 Å². The fourth-order valence-electron chi connectivity index (χ4n) is 1.94. The van der Waals surface area contributed by atoms with Crippen LogP contribution in [0.4, 0.5) is 5.69 Å². The highest BCUT2D eigenvalue weighted by Gasteiger charge is 2.12. The maximum Gasteiger partial charge on any atom is 0.0598 e. The molecule has 4 nitrogen and oxygen atoms in total. The molecule has 0 aliphatic heterocycles.